The molecule has 4 aromatic carbocycles. The number of H-pyrrole nitrogens is 1. The molecule has 0 saturated carbocycles. The topological polar surface area (TPSA) is 130 Å². The normalized spacial score (nSPS) is 19.0. The summed E-state index contributed by atoms with van der Waals surface area (Å²) in [6, 6.07) is 31.3. The summed E-state index contributed by atoms with van der Waals surface area (Å²) >= 11 is 0. The molecule has 1 fully saturated rings. The molecular weight excluding hydrogens is 681 g/mol. The van der Waals surface area contributed by atoms with Gasteiger partial charge >= 0.3 is 5.97 Å². The second-order valence-corrected chi connectivity index (χ2v) is 14.1. The Morgan fingerprint density at radius 2 is 1.57 bits per heavy atom. The zero-order valence-corrected chi connectivity index (χ0v) is 30.7. The van der Waals surface area contributed by atoms with Gasteiger partial charge in [0.15, 0.2) is 0 Å². The van der Waals surface area contributed by atoms with Gasteiger partial charge in [0.05, 0.1) is 30.6 Å². The summed E-state index contributed by atoms with van der Waals surface area (Å²) in [5.41, 5.74) is 3.53. The number of carbonyl (C=O) groups is 4. The van der Waals surface area contributed by atoms with Crippen LogP contribution in [0.5, 0.6) is 5.75 Å². The van der Waals surface area contributed by atoms with Crippen LogP contribution in [0.2, 0.25) is 0 Å². The van der Waals surface area contributed by atoms with Gasteiger partial charge in [-0.1, -0.05) is 84.9 Å². The van der Waals surface area contributed by atoms with Crippen molar-refractivity contribution in [3.05, 3.63) is 137 Å². The summed E-state index contributed by atoms with van der Waals surface area (Å²) in [6.45, 7) is 2.95. The summed E-state index contributed by atoms with van der Waals surface area (Å²) in [5.74, 6) is -0.916. The molecule has 7 rings (SSSR count). The van der Waals surface area contributed by atoms with Gasteiger partial charge in [-0.05, 0) is 73.1 Å². The lowest BCUT2D eigenvalue weighted by atomic mass is 9.62. The Morgan fingerprint density at radius 1 is 0.870 bits per heavy atom. The number of rotatable bonds is 11. The maximum absolute atomic E-state index is 15.0. The average molecular weight is 727 g/mol. The van der Waals surface area contributed by atoms with Crippen molar-refractivity contribution < 1.29 is 28.7 Å². The van der Waals surface area contributed by atoms with E-state index in [4.69, 9.17) is 9.47 Å². The van der Waals surface area contributed by atoms with E-state index in [9.17, 15) is 19.2 Å². The van der Waals surface area contributed by atoms with Crippen molar-refractivity contribution in [2.24, 2.45) is 0 Å². The first-order valence-electron chi connectivity index (χ1n) is 18.7. The lowest BCUT2D eigenvalue weighted by Crippen LogP contribution is -2.54. The number of nitrogens with one attached hydrogen (secondary N) is 3. The van der Waals surface area contributed by atoms with Crippen LogP contribution in [0.4, 0.5) is 0 Å². The Labute approximate surface area is 315 Å². The van der Waals surface area contributed by atoms with E-state index in [2.05, 4.69) is 15.6 Å². The number of esters is 1. The van der Waals surface area contributed by atoms with Crippen LogP contribution in [0.1, 0.15) is 71.1 Å². The second kappa shape index (κ2) is 16.0. The van der Waals surface area contributed by atoms with E-state index < -0.39 is 23.3 Å². The van der Waals surface area contributed by atoms with Crippen molar-refractivity contribution in [2.45, 2.75) is 62.4 Å². The predicted molar refractivity (Wildman–Crippen MR) is 206 cm³/mol. The number of aromatic amines is 1. The SMILES string of the molecule is CCOC(=O)C(Cc1c[nH]c2ccccc12)NC(=O)[C@@]1(c2ccccc2)CC[C@H](C(=O)N2CCC(NC(=O)c3ccccc3OC)CC2)c2ccccc21. The number of nitrogens with zero attached hydrogens (tertiary/aromatic N) is 1. The minimum absolute atomic E-state index is 0.0164. The number of fused-ring (bicyclic) bond motifs is 2. The Kier molecular flexibility index (Phi) is 10.8. The van der Waals surface area contributed by atoms with Crippen LogP contribution in [-0.4, -0.2) is 72.5 Å². The lowest BCUT2D eigenvalue weighted by Gasteiger charge is -2.43. The highest BCUT2D eigenvalue weighted by Gasteiger charge is 2.49. The highest BCUT2D eigenvalue weighted by molar-refractivity contribution is 5.98. The molecule has 54 heavy (non-hydrogen) atoms. The molecule has 278 valence electrons. The number of likely N-dealkylation sites (tertiary alicyclic amines) is 1. The number of benzene rings is 4. The molecule has 2 aliphatic rings. The number of hydrogen-bond donors (Lipinski definition) is 3. The third-order valence-corrected chi connectivity index (χ3v) is 11.0. The monoisotopic (exact) mass is 726 g/mol. The van der Waals surface area contributed by atoms with Gasteiger partial charge < -0.3 is 30.0 Å². The molecule has 10 nitrogen and oxygen atoms in total. The molecule has 1 saturated heterocycles. The highest BCUT2D eigenvalue weighted by atomic mass is 16.5. The first-order chi connectivity index (χ1) is 26.3. The average Bonchev–Trinajstić information content (AvgIpc) is 3.63. The Balaban J connectivity index is 1.13. The fourth-order valence-electron chi connectivity index (χ4n) is 8.28. The van der Waals surface area contributed by atoms with E-state index >= 15 is 0 Å². The van der Waals surface area contributed by atoms with Crippen molar-refractivity contribution in [2.75, 3.05) is 26.8 Å². The molecule has 3 N–H and O–H groups in total. The third kappa shape index (κ3) is 7.08. The van der Waals surface area contributed by atoms with Crippen LogP contribution in [0.15, 0.2) is 109 Å². The number of para-hydroxylation sites is 2. The van der Waals surface area contributed by atoms with Crippen molar-refractivity contribution >= 4 is 34.6 Å². The van der Waals surface area contributed by atoms with Crippen molar-refractivity contribution in [3.8, 4) is 5.75 Å². The van der Waals surface area contributed by atoms with E-state index in [0.717, 1.165) is 33.2 Å². The number of methoxy groups -OCH3 is 1. The molecule has 0 bridgehead atoms. The molecule has 0 radical (unpaired) electrons. The zero-order chi connectivity index (χ0) is 37.7. The number of ether oxygens (including phenoxy) is 2. The molecule has 1 aliphatic carbocycles. The van der Waals surface area contributed by atoms with Crippen LogP contribution in [0.25, 0.3) is 10.9 Å². The molecule has 10 heteroatoms. The largest absolute Gasteiger partial charge is 0.496 e. The first kappa shape index (κ1) is 36.5. The van der Waals surface area contributed by atoms with Gasteiger partial charge in [-0.25, -0.2) is 4.79 Å². The molecule has 1 aliphatic heterocycles. The number of hydrogen-bond acceptors (Lipinski definition) is 6. The molecule has 5 aromatic rings. The fourth-order valence-corrected chi connectivity index (χ4v) is 8.28. The molecule has 0 spiro atoms. The zero-order valence-electron chi connectivity index (χ0n) is 30.7. The van der Waals surface area contributed by atoms with Gasteiger partial charge in [0.25, 0.3) is 5.91 Å². The van der Waals surface area contributed by atoms with Crippen LogP contribution >= 0.6 is 0 Å². The van der Waals surface area contributed by atoms with Gasteiger partial charge in [0, 0.05) is 42.7 Å². The number of carbonyl (C=O) groups excluding carboxylic acids is 4. The number of piperidine rings is 1. The highest BCUT2D eigenvalue weighted by Crippen LogP contribution is 2.48. The van der Waals surface area contributed by atoms with Crippen LogP contribution in [0, 0.1) is 0 Å². The van der Waals surface area contributed by atoms with E-state index in [1.165, 1.54) is 0 Å². The minimum Gasteiger partial charge on any atom is -0.496 e. The minimum atomic E-state index is -1.16. The maximum Gasteiger partial charge on any atom is 0.328 e. The summed E-state index contributed by atoms with van der Waals surface area (Å²) in [6.07, 6.45) is 4.18. The summed E-state index contributed by atoms with van der Waals surface area (Å²) in [5, 5.41) is 7.24. The molecule has 1 unspecified atom stereocenters. The quantitative estimate of drug-likeness (QED) is 0.142. The van der Waals surface area contributed by atoms with Crippen LogP contribution < -0.4 is 15.4 Å². The van der Waals surface area contributed by atoms with Crippen LogP contribution in [-0.2, 0) is 31.0 Å². The molecule has 1 aromatic heterocycles. The number of amides is 3. The number of aromatic nitrogens is 1. The second-order valence-electron chi connectivity index (χ2n) is 14.1. The van der Waals surface area contributed by atoms with Crippen molar-refractivity contribution in [1.82, 2.24) is 20.5 Å². The molecule has 3 amide bonds. The van der Waals surface area contributed by atoms with Crippen LogP contribution in [0.3, 0.4) is 0 Å². The Morgan fingerprint density at radius 3 is 2.35 bits per heavy atom. The Bertz CT molecular complexity index is 2140. The van der Waals surface area contributed by atoms with Crippen molar-refractivity contribution in [3.63, 3.8) is 0 Å². The van der Waals surface area contributed by atoms with E-state index in [0.29, 0.717) is 50.1 Å². The fraction of sp³-hybridized carbons (Fsp3) is 0.318. The molecular formula is C44H46N4O6. The summed E-state index contributed by atoms with van der Waals surface area (Å²) in [7, 11) is 1.54. The first-order valence-corrected chi connectivity index (χ1v) is 18.7. The van der Waals surface area contributed by atoms with E-state index in [1.807, 2.05) is 96.0 Å². The lowest BCUT2D eigenvalue weighted by molar-refractivity contribution is -0.148. The predicted octanol–water partition coefficient (Wildman–Crippen LogP) is 6.05. The standard InChI is InChI=1S/C44H46N4O6/c1-3-54-42(51)38(27-29-28-45-37-19-11-8-15-32(29)37)47-43(52)44(30-13-5-4-6-14-30)24-21-34(33-16-7-10-18-36(33)44)41(50)48-25-22-31(23-26-48)46-40(49)35-17-9-12-20-39(35)53-2/h4-20,28,31,34,38,45H,3,21-27H2,1-2H3,(H,46,49)(H,47,52)/t34-,38?,44+/m0/s1. The van der Waals surface area contributed by atoms with Gasteiger partial charge in [-0.2, -0.15) is 0 Å². The third-order valence-electron chi connectivity index (χ3n) is 11.0. The summed E-state index contributed by atoms with van der Waals surface area (Å²) in [4.78, 5) is 61.0. The van der Waals surface area contributed by atoms with Gasteiger partial charge in [0.2, 0.25) is 11.8 Å². The molecule has 2 heterocycles. The maximum atomic E-state index is 15.0. The Hall–Kier alpha value is -5.90. The van der Waals surface area contributed by atoms with Gasteiger partial charge in [-0.3, -0.25) is 14.4 Å². The van der Waals surface area contributed by atoms with Gasteiger partial charge in [-0.15, -0.1) is 0 Å². The van der Waals surface area contributed by atoms with Gasteiger partial charge in [0.1, 0.15) is 11.8 Å². The van der Waals surface area contributed by atoms with E-state index in [1.54, 1.807) is 32.2 Å². The molecule has 3 atom stereocenters. The smallest absolute Gasteiger partial charge is 0.328 e. The van der Waals surface area contributed by atoms with E-state index in [-0.39, 0.29) is 36.8 Å². The van der Waals surface area contributed by atoms with Crippen molar-refractivity contribution in [1.29, 1.82) is 0 Å². The summed E-state index contributed by atoms with van der Waals surface area (Å²) < 4.78 is 10.9.